The van der Waals surface area contributed by atoms with Gasteiger partial charge in [-0.15, -0.1) is 0 Å². The average molecular weight is 258 g/mol. The highest BCUT2D eigenvalue weighted by Crippen LogP contribution is 2.18. The number of hydrogen-bond acceptors (Lipinski definition) is 0. The molecule has 0 aromatic heterocycles. The van der Waals surface area contributed by atoms with Gasteiger partial charge in [0.2, 0.25) is 0 Å². The molecule has 0 rings (SSSR count). The maximum Gasteiger partial charge on any atom is 0.0268 e. The molecule has 0 N–H and O–H groups in total. The first-order valence-electron chi connectivity index (χ1n) is 3.46. The number of halogens is 2. The minimum atomic E-state index is 0.601. The van der Waals surface area contributed by atoms with Crippen molar-refractivity contribution in [2.45, 2.75) is 42.8 Å². The van der Waals surface area contributed by atoms with Crippen LogP contribution in [-0.2, 0) is 0 Å². The van der Waals surface area contributed by atoms with Crippen molar-refractivity contribution in [3.05, 3.63) is 0 Å². The molecule has 0 fully saturated rings. The molecule has 56 valence electrons. The number of alkyl halides is 2. The van der Waals surface area contributed by atoms with Crippen LogP contribution in [-0.4, -0.2) is 9.65 Å². The van der Waals surface area contributed by atoms with E-state index in [1.54, 1.807) is 0 Å². The van der Waals surface area contributed by atoms with E-state index in [0.717, 1.165) is 0 Å². The van der Waals surface area contributed by atoms with Crippen LogP contribution in [0.2, 0.25) is 0 Å². The van der Waals surface area contributed by atoms with E-state index < -0.39 is 0 Å². The third-order valence-corrected chi connectivity index (χ3v) is 3.93. The summed E-state index contributed by atoms with van der Waals surface area (Å²) in [6.07, 6.45) is 3.90. The Kier molecular flexibility index (Phi) is 6.33. The van der Waals surface area contributed by atoms with Crippen molar-refractivity contribution < 1.29 is 0 Å². The van der Waals surface area contributed by atoms with Crippen molar-refractivity contribution in [3.8, 4) is 0 Å². The summed E-state index contributed by atoms with van der Waals surface area (Å²) in [6.45, 7) is 4.40. The SMILES string of the molecule is CCCCC(Br)C(C)Br. The van der Waals surface area contributed by atoms with E-state index in [0.29, 0.717) is 9.65 Å². The minimum absolute atomic E-state index is 0.601. The normalized spacial score (nSPS) is 17.3. The molecule has 0 aromatic rings. The first-order valence-corrected chi connectivity index (χ1v) is 5.29. The fraction of sp³-hybridized carbons (Fsp3) is 1.00. The van der Waals surface area contributed by atoms with E-state index in [4.69, 9.17) is 0 Å². The van der Waals surface area contributed by atoms with Crippen LogP contribution in [0.25, 0.3) is 0 Å². The second-order valence-corrected chi connectivity index (χ2v) is 4.96. The molecular weight excluding hydrogens is 244 g/mol. The van der Waals surface area contributed by atoms with Crippen molar-refractivity contribution in [1.29, 1.82) is 0 Å². The van der Waals surface area contributed by atoms with Crippen molar-refractivity contribution in [3.63, 3.8) is 0 Å². The maximum atomic E-state index is 3.60. The first-order chi connectivity index (χ1) is 4.18. The van der Waals surface area contributed by atoms with Gasteiger partial charge in [-0.05, 0) is 6.42 Å². The highest BCUT2D eigenvalue weighted by atomic mass is 79.9. The van der Waals surface area contributed by atoms with Crippen LogP contribution in [0.3, 0.4) is 0 Å². The van der Waals surface area contributed by atoms with Gasteiger partial charge >= 0.3 is 0 Å². The minimum Gasteiger partial charge on any atom is -0.0882 e. The number of hydrogen-bond donors (Lipinski definition) is 0. The summed E-state index contributed by atoms with van der Waals surface area (Å²) in [5.74, 6) is 0. The van der Waals surface area contributed by atoms with E-state index in [9.17, 15) is 0 Å². The van der Waals surface area contributed by atoms with Gasteiger partial charge in [0.25, 0.3) is 0 Å². The lowest BCUT2D eigenvalue weighted by atomic mass is 10.2. The third kappa shape index (κ3) is 5.41. The number of unbranched alkanes of at least 4 members (excludes halogenated alkanes) is 1. The van der Waals surface area contributed by atoms with Gasteiger partial charge in [-0.2, -0.15) is 0 Å². The molecule has 2 unspecified atom stereocenters. The lowest BCUT2D eigenvalue weighted by molar-refractivity contribution is 0.689. The van der Waals surface area contributed by atoms with Gasteiger partial charge in [0.05, 0.1) is 0 Å². The summed E-state index contributed by atoms with van der Waals surface area (Å²) in [5.41, 5.74) is 0. The Hall–Kier alpha value is 0.960. The standard InChI is InChI=1S/C7H14Br2/c1-3-4-5-7(9)6(2)8/h6-7H,3-5H2,1-2H3. The van der Waals surface area contributed by atoms with E-state index in [2.05, 4.69) is 45.7 Å². The molecule has 0 saturated heterocycles. The zero-order valence-corrected chi connectivity index (χ0v) is 9.20. The highest BCUT2D eigenvalue weighted by molar-refractivity contribution is 9.12. The lowest BCUT2D eigenvalue weighted by Gasteiger charge is -2.10. The second kappa shape index (κ2) is 5.72. The topological polar surface area (TPSA) is 0 Å². The van der Waals surface area contributed by atoms with Crippen LogP contribution < -0.4 is 0 Å². The zero-order chi connectivity index (χ0) is 7.28. The van der Waals surface area contributed by atoms with Crippen LogP contribution in [0.1, 0.15) is 33.1 Å². The lowest BCUT2D eigenvalue weighted by Crippen LogP contribution is -2.08. The Morgan fingerprint density at radius 2 is 1.89 bits per heavy atom. The van der Waals surface area contributed by atoms with E-state index >= 15 is 0 Å². The third-order valence-electron chi connectivity index (χ3n) is 1.33. The van der Waals surface area contributed by atoms with E-state index in [-0.39, 0.29) is 0 Å². The second-order valence-electron chi connectivity index (χ2n) is 2.34. The molecule has 0 aliphatic rings. The zero-order valence-electron chi connectivity index (χ0n) is 6.03. The van der Waals surface area contributed by atoms with Gasteiger partial charge < -0.3 is 0 Å². The Labute approximate surface area is 74.7 Å². The van der Waals surface area contributed by atoms with Gasteiger partial charge in [-0.3, -0.25) is 0 Å². The summed E-state index contributed by atoms with van der Waals surface area (Å²) in [6, 6.07) is 0. The van der Waals surface area contributed by atoms with Crippen molar-refractivity contribution in [2.75, 3.05) is 0 Å². The molecule has 0 amide bonds. The summed E-state index contributed by atoms with van der Waals surface area (Å²) >= 11 is 7.12. The monoisotopic (exact) mass is 256 g/mol. The largest absolute Gasteiger partial charge is 0.0882 e. The molecule has 9 heavy (non-hydrogen) atoms. The fourth-order valence-corrected chi connectivity index (χ4v) is 1.22. The predicted octanol–water partition coefficient (Wildman–Crippen LogP) is 3.72. The predicted molar refractivity (Wildman–Crippen MR) is 50.6 cm³/mol. The summed E-state index contributed by atoms with van der Waals surface area (Å²) in [7, 11) is 0. The summed E-state index contributed by atoms with van der Waals surface area (Å²) in [5, 5.41) is 0. The van der Waals surface area contributed by atoms with Gasteiger partial charge in [-0.1, -0.05) is 58.5 Å². The number of rotatable bonds is 4. The maximum absolute atomic E-state index is 3.60. The van der Waals surface area contributed by atoms with E-state index in [1.165, 1.54) is 19.3 Å². The van der Waals surface area contributed by atoms with Crippen molar-refractivity contribution in [1.82, 2.24) is 0 Å². The summed E-state index contributed by atoms with van der Waals surface area (Å²) < 4.78 is 0. The Balaban J connectivity index is 3.16. The molecule has 0 heterocycles. The molecule has 0 aliphatic heterocycles. The Morgan fingerprint density at radius 1 is 1.33 bits per heavy atom. The van der Waals surface area contributed by atoms with Gasteiger partial charge in [0, 0.05) is 9.65 Å². The fourth-order valence-electron chi connectivity index (χ4n) is 0.629. The molecular formula is C7H14Br2. The van der Waals surface area contributed by atoms with Crippen LogP contribution >= 0.6 is 31.9 Å². The molecule has 0 nitrogen and oxygen atoms in total. The van der Waals surface area contributed by atoms with Crippen LogP contribution in [0, 0.1) is 0 Å². The van der Waals surface area contributed by atoms with Gasteiger partial charge in [-0.25, -0.2) is 0 Å². The van der Waals surface area contributed by atoms with Crippen molar-refractivity contribution in [2.24, 2.45) is 0 Å². The van der Waals surface area contributed by atoms with Crippen LogP contribution in [0.5, 0.6) is 0 Å². The first kappa shape index (κ1) is 9.96. The molecule has 0 bridgehead atoms. The molecule has 0 aliphatic carbocycles. The molecule has 0 radical (unpaired) electrons. The van der Waals surface area contributed by atoms with Gasteiger partial charge in [0.15, 0.2) is 0 Å². The van der Waals surface area contributed by atoms with Crippen LogP contribution in [0.15, 0.2) is 0 Å². The average Bonchev–Trinajstić information content (AvgIpc) is 1.82. The molecule has 0 aromatic carbocycles. The smallest absolute Gasteiger partial charge is 0.0268 e. The van der Waals surface area contributed by atoms with Crippen molar-refractivity contribution >= 4 is 31.9 Å². The van der Waals surface area contributed by atoms with Crippen LogP contribution in [0.4, 0.5) is 0 Å². The molecule has 0 spiro atoms. The Bertz CT molecular complexity index is 61.9. The highest BCUT2D eigenvalue weighted by Gasteiger charge is 2.08. The van der Waals surface area contributed by atoms with E-state index in [1.807, 2.05) is 0 Å². The van der Waals surface area contributed by atoms with Gasteiger partial charge in [0.1, 0.15) is 0 Å². The molecule has 0 saturated carbocycles. The molecule has 2 heteroatoms. The summed E-state index contributed by atoms with van der Waals surface area (Å²) in [4.78, 5) is 1.25. The molecule has 2 atom stereocenters. The Morgan fingerprint density at radius 3 is 2.22 bits per heavy atom. The quantitative estimate of drug-likeness (QED) is 0.674.